The molecule has 224 valence electrons. The zero-order valence-electron chi connectivity index (χ0n) is 27.2. The molecule has 0 fully saturated rings. The molecular weight excluding hydrogens is 655 g/mol. The monoisotopic (exact) mass is 694 g/mol. The van der Waals surface area contributed by atoms with Crippen LogP contribution in [0.15, 0.2) is 105 Å². The molecule has 3 heteroatoms. The van der Waals surface area contributed by atoms with Crippen LogP contribution in [0.1, 0.15) is 82.2 Å². The molecule has 0 nitrogen and oxygen atoms in total. The molecule has 4 aromatic carbocycles. The Balaban J connectivity index is 0.00000192. The first-order valence-electron chi connectivity index (χ1n) is 15.7. The van der Waals surface area contributed by atoms with Crippen molar-refractivity contribution in [1.29, 1.82) is 0 Å². The number of hydrogen-bond acceptors (Lipinski definition) is 0. The quantitative estimate of drug-likeness (QED) is 0.284. The summed E-state index contributed by atoms with van der Waals surface area (Å²) in [6.07, 6.45) is 1.18. The van der Waals surface area contributed by atoms with Gasteiger partial charge >= 0.3 is 266 Å². The molecule has 0 aromatic heterocycles. The Labute approximate surface area is 288 Å². The molecule has 0 radical (unpaired) electrons. The zero-order chi connectivity index (χ0) is 29.6. The molecule has 1 atom stereocenters. The third-order valence-electron chi connectivity index (χ3n) is 10.4. The van der Waals surface area contributed by atoms with Crippen molar-refractivity contribution in [2.24, 2.45) is 11.3 Å². The van der Waals surface area contributed by atoms with E-state index in [4.69, 9.17) is 0 Å². The molecule has 4 aliphatic rings. The van der Waals surface area contributed by atoms with Crippen LogP contribution in [0.5, 0.6) is 0 Å². The predicted molar refractivity (Wildman–Crippen MR) is 174 cm³/mol. The molecule has 0 spiro atoms. The van der Waals surface area contributed by atoms with E-state index in [1.165, 1.54) is 50.9 Å². The van der Waals surface area contributed by atoms with Crippen LogP contribution in [-0.2, 0) is 28.6 Å². The second-order valence-electron chi connectivity index (χ2n) is 13.9. The minimum atomic E-state index is -1.11. The van der Waals surface area contributed by atoms with Gasteiger partial charge in [-0.05, 0) is 0 Å². The Hall–Kier alpha value is -2.18. The van der Waals surface area contributed by atoms with Crippen molar-refractivity contribution >= 4 is 0 Å². The molecule has 0 saturated heterocycles. The van der Waals surface area contributed by atoms with Crippen LogP contribution in [0.3, 0.4) is 0 Å². The maximum absolute atomic E-state index is 2.55. The third kappa shape index (κ3) is 4.63. The summed E-state index contributed by atoms with van der Waals surface area (Å²) in [7, 11) is 0. The number of allylic oxidation sites excluding steroid dienone is 4. The molecule has 0 heterocycles. The normalized spacial score (nSPS) is 17.8. The number of halogens is 2. The van der Waals surface area contributed by atoms with Gasteiger partial charge in [-0.3, -0.25) is 0 Å². The summed E-state index contributed by atoms with van der Waals surface area (Å²) >= 11 is -1.11. The van der Waals surface area contributed by atoms with Crippen LogP contribution in [-0.4, -0.2) is 0 Å². The average Bonchev–Trinajstić information content (AvgIpc) is 3.55. The molecule has 0 aliphatic heterocycles. The Morgan fingerprint density at radius 2 is 1.09 bits per heavy atom. The first kappa shape index (κ1) is 33.2. The zero-order valence-corrected chi connectivity index (χ0v) is 31.2. The molecule has 0 amide bonds. The summed E-state index contributed by atoms with van der Waals surface area (Å²) in [6, 6.07) is 33.0. The average molecular weight is 697 g/mol. The van der Waals surface area contributed by atoms with Crippen LogP contribution >= 0.6 is 0 Å². The predicted octanol–water partition coefficient (Wildman–Crippen LogP) is 4.72. The molecular formula is C41H42Cl2Zr. The standard InChI is InChI=1S/C24H25.C17H17.2ClH.Zr/c1-5-17-16-20-22(23(2,3)4)21(17)24(20,18-12-8-6-9-13-18)19-14-10-7-11-15-19;1-10-5-14-9-15-6-11(2)13(4)8-17(15)16(14)7-12(10)3;;;/h6-15,17H,5H2,1-4H3;5-9H,1-4H3;2*1H;/q;;;;+2/p-2. The molecule has 2 bridgehead atoms. The van der Waals surface area contributed by atoms with Crippen molar-refractivity contribution < 1.29 is 48.0 Å². The summed E-state index contributed by atoms with van der Waals surface area (Å²) in [5.41, 5.74) is 19.9. The van der Waals surface area contributed by atoms with Crippen LogP contribution < -0.4 is 24.8 Å². The summed E-state index contributed by atoms with van der Waals surface area (Å²) < 4.78 is 2.41. The number of aryl methyl sites for hydroxylation is 4. The van der Waals surface area contributed by atoms with Gasteiger partial charge in [0.05, 0.1) is 0 Å². The van der Waals surface area contributed by atoms with Gasteiger partial charge in [0.2, 0.25) is 0 Å². The smallest absolute Gasteiger partial charge is 1.00 e. The van der Waals surface area contributed by atoms with E-state index in [-0.39, 0.29) is 35.6 Å². The van der Waals surface area contributed by atoms with E-state index in [1.54, 1.807) is 27.8 Å². The largest absolute Gasteiger partial charge is 1.00 e. The third-order valence-corrected chi connectivity index (χ3v) is 14.9. The first-order valence-corrected chi connectivity index (χ1v) is 18.3. The van der Waals surface area contributed by atoms with Crippen LogP contribution in [0, 0.1) is 39.0 Å². The van der Waals surface area contributed by atoms with Gasteiger partial charge in [0.25, 0.3) is 0 Å². The number of benzene rings is 4. The van der Waals surface area contributed by atoms with Crippen LogP contribution in [0.2, 0.25) is 0 Å². The van der Waals surface area contributed by atoms with E-state index >= 15 is 0 Å². The molecule has 44 heavy (non-hydrogen) atoms. The Kier molecular flexibility index (Phi) is 8.96. The van der Waals surface area contributed by atoms with Gasteiger partial charge in [-0.25, -0.2) is 0 Å². The van der Waals surface area contributed by atoms with Crippen molar-refractivity contribution in [2.45, 2.75) is 70.9 Å². The van der Waals surface area contributed by atoms with E-state index in [0.29, 0.717) is 9.54 Å². The van der Waals surface area contributed by atoms with Gasteiger partial charge in [-0.1, -0.05) is 0 Å². The topological polar surface area (TPSA) is 0 Å². The SMILES string of the molecule is CCC1[C]([Zr+2][CH]2c3cc(C)c(C)cc3-c3cc(C)c(C)cc32)=C2C(C(C)(C)C)=C1C2(c1ccccc1)c1ccccc1.[Cl-].[Cl-]. The van der Waals surface area contributed by atoms with Gasteiger partial charge < -0.3 is 24.8 Å². The second-order valence-corrected chi connectivity index (χ2v) is 17.3. The fourth-order valence-corrected chi connectivity index (χ4v) is 13.5. The van der Waals surface area contributed by atoms with Crippen LogP contribution in [0.4, 0.5) is 0 Å². The molecule has 0 N–H and O–H groups in total. The molecule has 0 saturated carbocycles. The molecule has 8 rings (SSSR count). The van der Waals surface area contributed by atoms with Gasteiger partial charge in [0.15, 0.2) is 0 Å². The van der Waals surface area contributed by atoms with Crippen molar-refractivity contribution in [3.05, 3.63) is 149 Å². The van der Waals surface area contributed by atoms with Gasteiger partial charge in [0, 0.05) is 0 Å². The van der Waals surface area contributed by atoms with Gasteiger partial charge in [-0.15, -0.1) is 0 Å². The van der Waals surface area contributed by atoms with Gasteiger partial charge in [-0.2, -0.15) is 0 Å². The Morgan fingerprint density at radius 1 is 0.659 bits per heavy atom. The molecule has 4 aliphatic carbocycles. The summed E-state index contributed by atoms with van der Waals surface area (Å²) in [5.74, 6) is 0.548. The molecule has 1 unspecified atom stereocenters. The van der Waals surface area contributed by atoms with Crippen molar-refractivity contribution in [3.63, 3.8) is 0 Å². The summed E-state index contributed by atoms with van der Waals surface area (Å²) in [4.78, 5) is 0. The summed E-state index contributed by atoms with van der Waals surface area (Å²) in [5, 5.41) is 0. The number of hydrogen-bond donors (Lipinski definition) is 0. The van der Waals surface area contributed by atoms with Crippen molar-refractivity contribution in [2.75, 3.05) is 0 Å². The number of rotatable bonds is 5. The summed E-state index contributed by atoms with van der Waals surface area (Å²) in [6.45, 7) is 18.9. The van der Waals surface area contributed by atoms with E-state index in [1.807, 2.05) is 3.28 Å². The van der Waals surface area contributed by atoms with E-state index < -0.39 is 23.2 Å². The fourth-order valence-electron chi connectivity index (χ4n) is 8.28. The van der Waals surface area contributed by atoms with E-state index in [9.17, 15) is 0 Å². The maximum Gasteiger partial charge on any atom is -1.00 e. The second kappa shape index (κ2) is 11.9. The minimum Gasteiger partial charge on any atom is -1.00 e. The van der Waals surface area contributed by atoms with Crippen molar-refractivity contribution in [1.82, 2.24) is 0 Å². The van der Waals surface area contributed by atoms with Crippen molar-refractivity contribution in [3.8, 4) is 11.1 Å². The Morgan fingerprint density at radius 3 is 1.50 bits per heavy atom. The van der Waals surface area contributed by atoms with E-state index in [2.05, 4.69) is 140 Å². The Bertz CT molecular complexity index is 1710. The molecule has 4 aromatic rings. The first-order chi connectivity index (χ1) is 20.1. The fraction of sp³-hybridized carbons (Fsp3) is 0.317. The van der Waals surface area contributed by atoms with E-state index in [0.717, 1.165) is 0 Å². The van der Waals surface area contributed by atoms with Gasteiger partial charge in [0.1, 0.15) is 0 Å². The number of fused-ring (bicyclic) bond motifs is 4. The maximum atomic E-state index is 2.55. The minimum absolute atomic E-state index is 0. The van der Waals surface area contributed by atoms with Crippen LogP contribution in [0.25, 0.3) is 11.1 Å².